The van der Waals surface area contributed by atoms with Crippen LogP contribution in [0, 0.1) is 5.41 Å². The van der Waals surface area contributed by atoms with Crippen LogP contribution in [0.3, 0.4) is 0 Å². The fourth-order valence-corrected chi connectivity index (χ4v) is 3.72. The molecule has 0 aliphatic heterocycles. The van der Waals surface area contributed by atoms with Crippen LogP contribution < -0.4 is 10.1 Å². The topological polar surface area (TPSA) is 77.5 Å². The molecule has 0 radical (unpaired) electrons. The van der Waals surface area contributed by atoms with Crippen LogP contribution in [-0.2, 0) is 14.3 Å². The quantitative estimate of drug-likeness (QED) is 0.572. The molecule has 1 atom stereocenters. The molecule has 6 nitrogen and oxygen atoms in total. The number of halogens is 2. The number of hydrogen-bond donors (Lipinski definition) is 1. The minimum Gasteiger partial charge on any atom is -0.497 e. The molecule has 1 N–H and O–H groups in total. The SMILES string of the molecule is COc1ccc(-c2csc(NC(=O)COC(=O)C3(C)CC3(Cl)Cl)n2)cc1. The number of rotatable bonds is 6. The van der Waals surface area contributed by atoms with Crippen LogP contribution in [0.25, 0.3) is 11.3 Å². The van der Waals surface area contributed by atoms with Gasteiger partial charge in [-0.05, 0) is 31.2 Å². The van der Waals surface area contributed by atoms with Crippen LogP contribution in [-0.4, -0.2) is 34.9 Å². The van der Waals surface area contributed by atoms with Gasteiger partial charge in [-0.15, -0.1) is 34.5 Å². The highest BCUT2D eigenvalue weighted by Crippen LogP contribution is 2.64. The zero-order chi connectivity index (χ0) is 18.9. The summed E-state index contributed by atoms with van der Waals surface area (Å²) >= 11 is 13.1. The average Bonchev–Trinajstić information content (AvgIpc) is 2.95. The Balaban J connectivity index is 1.54. The minimum absolute atomic E-state index is 0.307. The number of carbonyl (C=O) groups excluding carboxylic acids is 2. The van der Waals surface area contributed by atoms with Crippen molar-refractivity contribution in [2.75, 3.05) is 19.0 Å². The molecule has 1 heterocycles. The Kier molecular flexibility index (Phi) is 5.14. The van der Waals surface area contributed by atoms with Crippen LogP contribution in [0.1, 0.15) is 13.3 Å². The Hall–Kier alpha value is -1.83. The first-order chi connectivity index (χ1) is 12.2. The van der Waals surface area contributed by atoms with Gasteiger partial charge in [0, 0.05) is 17.4 Å². The summed E-state index contributed by atoms with van der Waals surface area (Å²) in [5, 5.41) is 4.84. The van der Waals surface area contributed by atoms with Crippen LogP contribution in [0.5, 0.6) is 5.75 Å². The van der Waals surface area contributed by atoms with E-state index in [0.29, 0.717) is 11.6 Å². The summed E-state index contributed by atoms with van der Waals surface area (Å²) in [6.45, 7) is 1.19. The molecule has 0 spiro atoms. The van der Waals surface area contributed by atoms with E-state index < -0.39 is 28.2 Å². The number of nitrogens with one attached hydrogen (secondary N) is 1. The molecule has 1 aromatic heterocycles. The molecule has 3 rings (SSSR count). The molecular formula is C17H16Cl2N2O4S. The Morgan fingerprint density at radius 1 is 1.31 bits per heavy atom. The summed E-state index contributed by atoms with van der Waals surface area (Å²) in [4.78, 5) is 28.2. The summed E-state index contributed by atoms with van der Waals surface area (Å²) in [7, 11) is 1.60. The van der Waals surface area contributed by atoms with Crippen molar-refractivity contribution in [2.45, 2.75) is 17.7 Å². The number of hydrogen-bond acceptors (Lipinski definition) is 6. The molecule has 0 bridgehead atoms. The van der Waals surface area contributed by atoms with E-state index in [4.69, 9.17) is 32.7 Å². The maximum absolute atomic E-state index is 12.0. The zero-order valence-electron chi connectivity index (χ0n) is 14.0. The predicted molar refractivity (Wildman–Crippen MR) is 101 cm³/mol. The van der Waals surface area contributed by atoms with Gasteiger partial charge in [0.2, 0.25) is 0 Å². The molecule has 1 aliphatic carbocycles. The number of anilines is 1. The molecule has 1 unspecified atom stereocenters. The second-order valence-electron chi connectivity index (χ2n) is 6.10. The lowest BCUT2D eigenvalue weighted by molar-refractivity contribution is -0.152. The Morgan fingerprint density at radius 3 is 2.54 bits per heavy atom. The molecule has 26 heavy (non-hydrogen) atoms. The van der Waals surface area contributed by atoms with Crippen molar-refractivity contribution < 1.29 is 19.1 Å². The van der Waals surface area contributed by atoms with E-state index >= 15 is 0 Å². The first kappa shape index (κ1) is 18.9. The monoisotopic (exact) mass is 414 g/mol. The van der Waals surface area contributed by atoms with E-state index in [9.17, 15) is 9.59 Å². The predicted octanol–water partition coefficient (Wildman–Crippen LogP) is 3.88. The van der Waals surface area contributed by atoms with Crippen molar-refractivity contribution in [2.24, 2.45) is 5.41 Å². The van der Waals surface area contributed by atoms with Gasteiger partial charge in [0.15, 0.2) is 11.7 Å². The molecule has 2 aromatic rings. The lowest BCUT2D eigenvalue weighted by atomic mass is 10.1. The molecule has 1 saturated carbocycles. The highest BCUT2D eigenvalue weighted by molar-refractivity contribution is 7.14. The van der Waals surface area contributed by atoms with Gasteiger partial charge in [-0.2, -0.15) is 0 Å². The van der Waals surface area contributed by atoms with Crippen molar-refractivity contribution in [3.8, 4) is 17.0 Å². The average molecular weight is 415 g/mol. The second kappa shape index (κ2) is 7.06. The number of amides is 1. The van der Waals surface area contributed by atoms with Gasteiger partial charge in [-0.1, -0.05) is 0 Å². The Labute approximate surface area is 164 Å². The third kappa shape index (κ3) is 3.79. The number of nitrogens with zero attached hydrogens (tertiary/aromatic N) is 1. The maximum Gasteiger partial charge on any atom is 0.315 e. The van der Waals surface area contributed by atoms with Crippen molar-refractivity contribution in [3.63, 3.8) is 0 Å². The number of benzene rings is 1. The van der Waals surface area contributed by atoms with Crippen molar-refractivity contribution in [1.82, 2.24) is 4.98 Å². The first-order valence-electron chi connectivity index (χ1n) is 7.70. The highest BCUT2D eigenvalue weighted by atomic mass is 35.5. The van der Waals surface area contributed by atoms with Crippen molar-refractivity contribution in [1.29, 1.82) is 0 Å². The van der Waals surface area contributed by atoms with Gasteiger partial charge in [0.1, 0.15) is 15.5 Å². The summed E-state index contributed by atoms with van der Waals surface area (Å²) in [6, 6.07) is 7.42. The van der Waals surface area contributed by atoms with E-state index in [0.717, 1.165) is 17.0 Å². The largest absolute Gasteiger partial charge is 0.497 e. The number of alkyl halides is 2. The zero-order valence-corrected chi connectivity index (χ0v) is 16.4. The number of thiazole rings is 1. The van der Waals surface area contributed by atoms with Crippen LogP contribution >= 0.6 is 34.5 Å². The fraction of sp³-hybridized carbons (Fsp3) is 0.353. The number of methoxy groups -OCH3 is 1. The molecule has 1 fully saturated rings. The Bertz CT molecular complexity index is 838. The van der Waals surface area contributed by atoms with Gasteiger partial charge in [0.05, 0.1) is 12.8 Å². The second-order valence-corrected chi connectivity index (χ2v) is 8.45. The van der Waals surface area contributed by atoms with E-state index in [-0.39, 0.29) is 0 Å². The van der Waals surface area contributed by atoms with Gasteiger partial charge in [-0.25, -0.2) is 4.98 Å². The Morgan fingerprint density at radius 2 is 1.96 bits per heavy atom. The summed E-state index contributed by atoms with van der Waals surface area (Å²) < 4.78 is 8.99. The summed E-state index contributed by atoms with van der Waals surface area (Å²) in [6.07, 6.45) is 0.307. The molecule has 1 aliphatic rings. The van der Waals surface area contributed by atoms with Crippen molar-refractivity contribution >= 4 is 51.5 Å². The van der Waals surface area contributed by atoms with E-state index in [1.54, 1.807) is 14.0 Å². The third-order valence-electron chi connectivity index (χ3n) is 4.18. The first-order valence-corrected chi connectivity index (χ1v) is 9.33. The van der Waals surface area contributed by atoms with Crippen molar-refractivity contribution in [3.05, 3.63) is 29.6 Å². The number of esters is 1. The highest BCUT2D eigenvalue weighted by Gasteiger charge is 2.69. The smallest absolute Gasteiger partial charge is 0.315 e. The van der Waals surface area contributed by atoms with E-state index in [2.05, 4.69) is 10.3 Å². The maximum atomic E-state index is 12.0. The summed E-state index contributed by atoms with van der Waals surface area (Å²) in [5.74, 6) is -0.315. The van der Waals surface area contributed by atoms with Crippen LogP contribution in [0.15, 0.2) is 29.6 Å². The lowest BCUT2D eigenvalue weighted by Crippen LogP contribution is -2.26. The van der Waals surface area contributed by atoms with Gasteiger partial charge in [0.25, 0.3) is 5.91 Å². The van der Waals surface area contributed by atoms with E-state index in [1.807, 2.05) is 29.6 Å². The lowest BCUT2D eigenvalue weighted by Gasteiger charge is -2.11. The molecule has 1 aromatic carbocycles. The van der Waals surface area contributed by atoms with E-state index in [1.165, 1.54) is 11.3 Å². The normalized spacial score (nSPS) is 20.3. The molecule has 1 amide bonds. The molecular weight excluding hydrogens is 399 g/mol. The standard InChI is InChI=1S/C17H16Cl2N2O4S/c1-16(9-17(16,18)19)14(23)25-7-13(22)21-15-20-12(8-26-15)10-3-5-11(24-2)6-4-10/h3-6,8H,7,9H2,1-2H3,(H,20,21,22). The number of carbonyl (C=O) groups is 2. The van der Waals surface area contributed by atoms with Gasteiger partial charge >= 0.3 is 5.97 Å². The fourth-order valence-electron chi connectivity index (χ4n) is 2.29. The number of aromatic nitrogens is 1. The van der Waals surface area contributed by atoms with Crippen LogP contribution in [0.2, 0.25) is 0 Å². The molecule has 9 heteroatoms. The third-order valence-corrected chi connectivity index (χ3v) is 6.04. The summed E-state index contributed by atoms with van der Waals surface area (Å²) in [5.41, 5.74) is 0.666. The minimum atomic E-state index is -1.12. The molecule has 138 valence electrons. The van der Waals surface area contributed by atoms with Gasteiger partial charge in [-0.3, -0.25) is 14.9 Å². The van der Waals surface area contributed by atoms with Gasteiger partial charge < -0.3 is 9.47 Å². The van der Waals surface area contributed by atoms with Crippen LogP contribution in [0.4, 0.5) is 5.13 Å². The molecule has 0 saturated heterocycles. The number of ether oxygens (including phenoxy) is 2.